The fourth-order valence-corrected chi connectivity index (χ4v) is 2.10. The number of halogens is 1. The maximum Gasteiger partial charge on any atom is 0.330 e. The SMILES string of the molecule is NC1(C(=O)O)COCc2cc(Br)ccc21. The standard InChI is InChI=1S/C10H10BrNO3/c11-7-1-2-8-6(3-7)4-15-5-10(8,12)9(13)14/h1-3H,4-5,12H2,(H,13,14). The number of aliphatic carboxylic acids is 1. The molecule has 0 aromatic heterocycles. The minimum Gasteiger partial charge on any atom is -0.480 e. The van der Waals surface area contributed by atoms with E-state index >= 15 is 0 Å². The molecule has 1 aromatic rings. The summed E-state index contributed by atoms with van der Waals surface area (Å²) < 4.78 is 6.09. The van der Waals surface area contributed by atoms with E-state index in [2.05, 4.69) is 15.9 Å². The monoisotopic (exact) mass is 271 g/mol. The van der Waals surface area contributed by atoms with Gasteiger partial charge in [-0.25, -0.2) is 4.79 Å². The summed E-state index contributed by atoms with van der Waals surface area (Å²) in [6, 6.07) is 5.35. The number of carboxylic acid groups (broad SMARTS) is 1. The molecule has 0 spiro atoms. The van der Waals surface area contributed by atoms with Gasteiger partial charge in [0.2, 0.25) is 0 Å². The summed E-state index contributed by atoms with van der Waals surface area (Å²) in [6.07, 6.45) is 0. The molecule has 0 saturated carbocycles. The lowest BCUT2D eigenvalue weighted by molar-refractivity contribution is -0.147. The second-order valence-corrected chi connectivity index (χ2v) is 4.49. The first-order valence-corrected chi connectivity index (χ1v) is 5.22. The zero-order valence-electron chi connectivity index (χ0n) is 7.87. The maximum atomic E-state index is 11.1. The molecule has 1 aromatic carbocycles. The molecule has 4 nitrogen and oxygen atoms in total. The fourth-order valence-electron chi connectivity index (χ4n) is 1.69. The summed E-state index contributed by atoms with van der Waals surface area (Å²) in [5.74, 6) is -1.06. The van der Waals surface area contributed by atoms with Gasteiger partial charge >= 0.3 is 5.97 Å². The lowest BCUT2D eigenvalue weighted by atomic mass is 9.86. The van der Waals surface area contributed by atoms with Crippen LogP contribution in [0.15, 0.2) is 22.7 Å². The highest BCUT2D eigenvalue weighted by atomic mass is 79.9. The van der Waals surface area contributed by atoms with Crippen molar-refractivity contribution in [3.05, 3.63) is 33.8 Å². The third kappa shape index (κ3) is 1.67. The first-order valence-electron chi connectivity index (χ1n) is 4.43. The highest BCUT2D eigenvalue weighted by Crippen LogP contribution is 2.30. The van der Waals surface area contributed by atoms with Crippen molar-refractivity contribution < 1.29 is 14.6 Å². The van der Waals surface area contributed by atoms with Crippen molar-refractivity contribution in [1.82, 2.24) is 0 Å². The van der Waals surface area contributed by atoms with Crippen molar-refractivity contribution in [2.45, 2.75) is 12.1 Å². The van der Waals surface area contributed by atoms with Crippen LogP contribution in [0.5, 0.6) is 0 Å². The van der Waals surface area contributed by atoms with Gasteiger partial charge in [-0.1, -0.05) is 22.0 Å². The van der Waals surface area contributed by atoms with Crippen LogP contribution in [-0.4, -0.2) is 17.7 Å². The van der Waals surface area contributed by atoms with Crippen molar-refractivity contribution in [3.63, 3.8) is 0 Å². The maximum absolute atomic E-state index is 11.1. The minimum atomic E-state index is -1.42. The van der Waals surface area contributed by atoms with E-state index in [0.29, 0.717) is 12.2 Å². The quantitative estimate of drug-likeness (QED) is 0.806. The van der Waals surface area contributed by atoms with Crippen molar-refractivity contribution >= 4 is 21.9 Å². The molecule has 1 heterocycles. The Bertz CT molecular complexity index is 421. The second-order valence-electron chi connectivity index (χ2n) is 3.57. The lowest BCUT2D eigenvalue weighted by Crippen LogP contribution is -2.51. The summed E-state index contributed by atoms with van der Waals surface area (Å²) in [7, 11) is 0. The van der Waals surface area contributed by atoms with Gasteiger partial charge in [-0.05, 0) is 23.3 Å². The van der Waals surface area contributed by atoms with E-state index < -0.39 is 11.5 Å². The van der Waals surface area contributed by atoms with Crippen LogP contribution in [0.2, 0.25) is 0 Å². The van der Waals surface area contributed by atoms with E-state index in [-0.39, 0.29) is 6.61 Å². The predicted molar refractivity (Wildman–Crippen MR) is 57.3 cm³/mol. The van der Waals surface area contributed by atoms with Gasteiger partial charge in [-0.15, -0.1) is 0 Å². The zero-order chi connectivity index (χ0) is 11.1. The van der Waals surface area contributed by atoms with E-state index in [4.69, 9.17) is 15.6 Å². The van der Waals surface area contributed by atoms with Crippen LogP contribution >= 0.6 is 15.9 Å². The molecule has 80 valence electrons. The summed E-state index contributed by atoms with van der Waals surface area (Å²) in [5, 5.41) is 9.10. The van der Waals surface area contributed by atoms with Crippen LogP contribution in [0, 0.1) is 0 Å². The van der Waals surface area contributed by atoms with Gasteiger partial charge in [0.1, 0.15) is 0 Å². The van der Waals surface area contributed by atoms with E-state index in [1.807, 2.05) is 6.07 Å². The number of benzene rings is 1. The predicted octanol–water partition coefficient (Wildman–Crippen LogP) is 1.22. The van der Waals surface area contributed by atoms with Crippen molar-refractivity contribution in [2.24, 2.45) is 5.73 Å². The third-order valence-corrected chi connectivity index (χ3v) is 3.01. The number of nitrogens with two attached hydrogens (primary N) is 1. The molecule has 1 unspecified atom stereocenters. The van der Waals surface area contributed by atoms with Crippen LogP contribution in [0.25, 0.3) is 0 Å². The van der Waals surface area contributed by atoms with Gasteiger partial charge in [-0.2, -0.15) is 0 Å². The van der Waals surface area contributed by atoms with Crippen LogP contribution < -0.4 is 5.73 Å². The van der Waals surface area contributed by atoms with Gasteiger partial charge in [0.15, 0.2) is 5.54 Å². The first kappa shape index (κ1) is 10.6. The molecule has 1 aliphatic heterocycles. The van der Waals surface area contributed by atoms with E-state index in [1.54, 1.807) is 12.1 Å². The zero-order valence-corrected chi connectivity index (χ0v) is 9.45. The number of ether oxygens (including phenoxy) is 1. The number of carbonyl (C=O) groups is 1. The molecule has 15 heavy (non-hydrogen) atoms. The lowest BCUT2D eigenvalue weighted by Gasteiger charge is -2.31. The molecule has 0 bridgehead atoms. The van der Waals surface area contributed by atoms with Gasteiger partial charge in [0.25, 0.3) is 0 Å². The van der Waals surface area contributed by atoms with Gasteiger partial charge in [-0.3, -0.25) is 0 Å². The molecule has 0 radical (unpaired) electrons. The molecule has 2 rings (SSSR count). The molecule has 5 heteroatoms. The van der Waals surface area contributed by atoms with Gasteiger partial charge < -0.3 is 15.6 Å². The van der Waals surface area contributed by atoms with Crippen molar-refractivity contribution in [2.75, 3.05) is 6.61 Å². The second kappa shape index (κ2) is 3.59. The molecule has 1 aliphatic rings. The Balaban J connectivity index is 2.56. The molecule has 0 amide bonds. The minimum absolute atomic E-state index is 0.0109. The Kier molecular flexibility index (Phi) is 2.54. The number of rotatable bonds is 1. The molecule has 0 aliphatic carbocycles. The summed E-state index contributed by atoms with van der Waals surface area (Å²) in [4.78, 5) is 11.1. The van der Waals surface area contributed by atoms with Crippen molar-refractivity contribution in [3.8, 4) is 0 Å². The highest BCUT2D eigenvalue weighted by molar-refractivity contribution is 9.10. The van der Waals surface area contributed by atoms with E-state index in [1.165, 1.54) is 0 Å². The summed E-state index contributed by atoms with van der Waals surface area (Å²) in [6.45, 7) is 0.415. The summed E-state index contributed by atoms with van der Waals surface area (Å²) >= 11 is 3.32. The van der Waals surface area contributed by atoms with Gasteiger partial charge in [0.05, 0.1) is 13.2 Å². The number of fused-ring (bicyclic) bond motifs is 1. The Labute approximate surface area is 95.2 Å². The van der Waals surface area contributed by atoms with E-state index in [9.17, 15) is 4.79 Å². The highest BCUT2D eigenvalue weighted by Gasteiger charge is 2.40. The van der Waals surface area contributed by atoms with Crippen LogP contribution in [0.3, 0.4) is 0 Å². The average Bonchev–Trinajstić information content (AvgIpc) is 2.17. The van der Waals surface area contributed by atoms with Crippen LogP contribution in [0.1, 0.15) is 11.1 Å². The van der Waals surface area contributed by atoms with Gasteiger partial charge in [0, 0.05) is 4.47 Å². The molecule has 0 saturated heterocycles. The largest absolute Gasteiger partial charge is 0.480 e. The third-order valence-electron chi connectivity index (χ3n) is 2.52. The van der Waals surface area contributed by atoms with Crippen LogP contribution in [0.4, 0.5) is 0 Å². The Morgan fingerprint density at radius 3 is 3.00 bits per heavy atom. The molecular weight excluding hydrogens is 262 g/mol. The number of carboxylic acids is 1. The smallest absolute Gasteiger partial charge is 0.330 e. The fraction of sp³-hybridized carbons (Fsp3) is 0.300. The topological polar surface area (TPSA) is 72.6 Å². The Morgan fingerprint density at radius 1 is 1.60 bits per heavy atom. The Hall–Kier alpha value is -0.910. The molecule has 3 N–H and O–H groups in total. The van der Waals surface area contributed by atoms with Crippen molar-refractivity contribution in [1.29, 1.82) is 0 Å². The number of hydrogen-bond acceptors (Lipinski definition) is 3. The summed E-state index contributed by atoms with van der Waals surface area (Å²) in [5.41, 5.74) is 5.85. The molecule has 1 atom stereocenters. The number of hydrogen-bond donors (Lipinski definition) is 2. The molecular formula is C10H10BrNO3. The van der Waals surface area contributed by atoms with E-state index in [0.717, 1.165) is 10.0 Å². The first-order chi connectivity index (χ1) is 7.04. The Morgan fingerprint density at radius 2 is 2.33 bits per heavy atom. The molecule has 0 fully saturated rings. The normalized spacial score (nSPS) is 24.7. The average molecular weight is 272 g/mol. The van der Waals surface area contributed by atoms with Crippen LogP contribution in [-0.2, 0) is 21.7 Å².